The molecular formula is C4H6O3. The second kappa shape index (κ2) is 3.52. The van der Waals surface area contributed by atoms with Gasteiger partial charge in [0.2, 0.25) is 0 Å². The van der Waals surface area contributed by atoms with E-state index in [9.17, 15) is 4.79 Å². The first-order chi connectivity index (χ1) is 3.31. The molecule has 0 unspecified atom stereocenters. The molecule has 7 heavy (non-hydrogen) atoms. The summed E-state index contributed by atoms with van der Waals surface area (Å²) < 4.78 is 0. The average Bonchev–Trinajstić information content (AvgIpc) is 1.68. The van der Waals surface area contributed by atoms with Gasteiger partial charge in [-0.2, -0.15) is 0 Å². The Morgan fingerprint density at radius 3 is 2.71 bits per heavy atom. The summed E-state index contributed by atoms with van der Waals surface area (Å²) in [5.41, 5.74) is 0. The average molecular weight is 102 g/mol. The topological polar surface area (TPSA) is 46.5 Å². The van der Waals surface area contributed by atoms with Crippen molar-refractivity contribution in [2.75, 3.05) is 6.61 Å². The van der Waals surface area contributed by atoms with Crippen molar-refractivity contribution in [1.29, 1.82) is 0 Å². The van der Waals surface area contributed by atoms with Crippen LogP contribution in [0.15, 0.2) is 12.7 Å². The van der Waals surface area contributed by atoms with Gasteiger partial charge in [0.05, 0.1) is 0 Å². The van der Waals surface area contributed by atoms with Gasteiger partial charge in [-0.15, -0.1) is 0 Å². The standard InChI is InChI=1S/C4H6O3/c1-2-4(5)3-7-6/h2,6H,1,3H2. The van der Waals surface area contributed by atoms with Crippen LogP contribution in [0.4, 0.5) is 0 Å². The molecule has 0 aromatic rings. The van der Waals surface area contributed by atoms with E-state index in [1.165, 1.54) is 0 Å². The number of hydrogen-bond donors (Lipinski definition) is 1. The van der Waals surface area contributed by atoms with Crippen molar-refractivity contribution in [3.05, 3.63) is 12.7 Å². The van der Waals surface area contributed by atoms with E-state index in [1.807, 2.05) is 0 Å². The number of carbonyl (C=O) groups excluding carboxylic acids is 1. The Hall–Kier alpha value is -0.670. The van der Waals surface area contributed by atoms with Gasteiger partial charge in [-0.05, 0) is 6.08 Å². The van der Waals surface area contributed by atoms with E-state index >= 15 is 0 Å². The SMILES string of the molecule is C=CC(=O)COO. The Balaban J connectivity index is 3.17. The first-order valence-electron chi connectivity index (χ1n) is 1.73. The van der Waals surface area contributed by atoms with Gasteiger partial charge in [0, 0.05) is 0 Å². The van der Waals surface area contributed by atoms with Crippen molar-refractivity contribution in [3.8, 4) is 0 Å². The van der Waals surface area contributed by atoms with Crippen LogP contribution < -0.4 is 0 Å². The van der Waals surface area contributed by atoms with E-state index in [0.717, 1.165) is 6.08 Å². The fourth-order valence-electron chi connectivity index (χ4n) is 0.123. The molecule has 0 aliphatic carbocycles. The van der Waals surface area contributed by atoms with E-state index in [4.69, 9.17) is 5.26 Å². The molecule has 0 aliphatic heterocycles. The Morgan fingerprint density at radius 2 is 2.57 bits per heavy atom. The summed E-state index contributed by atoms with van der Waals surface area (Å²) in [5.74, 6) is -0.331. The molecule has 0 heterocycles. The predicted octanol–water partition coefficient (Wildman–Crippen LogP) is 0.231. The minimum Gasteiger partial charge on any atom is -0.292 e. The lowest BCUT2D eigenvalue weighted by molar-refractivity contribution is -0.236. The fourth-order valence-corrected chi connectivity index (χ4v) is 0.123. The molecule has 0 fully saturated rings. The van der Waals surface area contributed by atoms with E-state index in [2.05, 4.69) is 11.5 Å². The van der Waals surface area contributed by atoms with Crippen LogP contribution in [0.1, 0.15) is 0 Å². The highest BCUT2D eigenvalue weighted by molar-refractivity contribution is 5.90. The molecule has 40 valence electrons. The Bertz CT molecular complexity index is 77.0. The fraction of sp³-hybridized carbons (Fsp3) is 0.250. The molecule has 0 aromatic carbocycles. The van der Waals surface area contributed by atoms with Gasteiger partial charge in [-0.3, -0.25) is 10.1 Å². The third-order valence-electron chi connectivity index (χ3n) is 0.434. The molecule has 0 bridgehead atoms. The molecule has 0 atom stereocenters. The molecule has 0 spiro atoms. The third kappa shape index (κ3) is 3.15. The summed E-state index contributed by atoms with van der Waals surface area (Å²) in [6, 6.07) is 0. The first-order valence-corrected chi connectivity index (χ1v) is 1.73. The minimum atomic E-state index is -0.331. The summed E-state index contributed by atoms with van der Waals surface area (Å²) in [6.07, 6.45) is 1.08. The van der Waals surface area contributed by atoms with E-state index in [-0.39, 0.29) is 12.4 Å². The maximum absolute atomic E-state index is 10.0. The highest BCUT2D eigenvalue weighted by Gasteiger charge is 1.89. The lowest BCUT2D eigenvalue weighted by Crippen LogP contribution is -2.00. The van der Waals surface area contributed by atoms with Gasteiger partial charge in [0.15, 0.2) is 5.78 Å². The molecule has 0 saturated heterocycles. The molecule has 3 nitrogen and oxygen atoms in total. The van der Waals surface area contributed by atoms with Crippen LogP contribution in [0, 0.1) is 0 Å². The van der Waals surface area contributed by atoms with Crippen molar-refractivity contribution in [3.63, 3.8) is 0 Å². The number of hydrogen-bond acceptors (Lipinski definition) is 3. The number of rotatable bonds is 3. The van der Waals surface area contributed by atoms with Crippen molar-refractivity contribution in [2.24, 2.45) is 0 Å². The summed E-state index contributed by atoms with van der Waals surface area (Å²) in [4.78, 5) is 13.5. The third-order valence-corrected chi connectivity index (χ3v) is 0.434. The zero-order valence-corrected chi connectivity index (χ0v) is 3.76. The molecule has 3 heteroatoms. The van der Waals surface area contributed by atoms with Gasteiger partial charge in [0.25, 0.3) is 0 Å². The van der Waals surface area contributed by atoms with Crippen LogP contribution in [0.25, 0.3) is 0 Å². The number of ketones is 1. The first kappa shape index (κ1) is 6.33. The van der Waals surface area contributed by atoms with Gasteiger partial charge in [0.1, 0.15) is 6.61 Å². The lowest BCUT2D eigenvalue weighted by atomic mass is 10.4. The van der Waals surface area contributed by atoms with Crippen LogP contribution >= 0.6 is 0 Å². The normalized spacial score (nSPS) is 8.14. The lowest BCUT2D eigenvalue weighted by Gasteiger charge is -1.84. The van der Waals surface area contributed by atoms with Crippen molar-refractivity contribution in [1.82, 2.24) is 0 Å². The highest BCUT2D eigenvalue weighted by atomic mass is 17.1. The number of carbonyl (C=O) groups is 1. The second-order valence-electron chi connectivity index (χ2n) is 0.944. The zero-order chi connectivity index (χ0) is 5.70. The highest BCUT2D eigenvalue weighted by Crippen LogP contribution is 1.71. The van der Waals surface area contributed by atoms with Crippen molar-refractivity contribution >= 4 is 5.78 Å². The molecule has 0 radical (unpaired) electrons. The van der Waals surface area contributed by atoms with Gasteiger partial charge >= 0.3 is 0 Å². The monoisotopic (exact) mass is 102 g/mol. The largest absolute Gasteiger partial charge is 0.292 e. The van der Waals surface area contributed by atoms with Gasteiger partial charge < -0.3 is 0 Å². The molecule has 0 rings (SSSR count). The van der Waals surface area contributed by atoms with Gasteiger partial charge in [-0.25, -0.2) is 4.89 Å². The predicted molar refractivity (Wildman–Crippen MR) is 23.8 cm³/mol. The van der Waals surface area contributed by atoms with Crippen LogP contribution in [-0.4, -0.2) is 17.6 Å². The minimum absolute atomic E-state index is 0.302. The molecule has 1 N–H and O–H groups in total. The smallest absolute Gasteiger partial charge is 0.184 e. The quantitative estimate of drug-likeness (QED) is 0.315. The second-order valence-corrected chi connectivity index (χ2v) is 0.944. The van der Waals surface area contributed by atoms with Crippen molar-refractivity contribution < 1.29 is 14.9 Å². The maximum atomic E-state index is 10.0. The summed E-state index contributed by atoms with van der Waals surface area (Å²) in [6.45, 7) is 2.84. The Morgan fingerprint density at radius 1 is 2.00 bits per heavy atom. The Kier molecular flexibility index (Phi) is 3.18. The molecule has 0 amide bonds. The van der Waals surface area contributed by atoms with Crippen LogP contribution in [-0.2, 0) is 9.68 Å². The van der Waals surface area contributed by atoms with Crippen LogP contribution in [0.3, 0.4) is 0 Å². The van der Waals surface area contributed by atoms with Crippen LogP contribution in [0.2, 0.25) is 0 Å². The maximum Gasteiger partial charge on any atom is 0.184 e. The summed E-state index contributed by atoms with van der Waals surface area (Å²) in [5, 5.41) is 7.60. The summed E-state index contributed by atoms with van der Waals surface area (Å²) >= 11 is 0. The summed E-state index contributed by atoms with van der Waals surface area (Å²) in [7, 11) is 0. The van der Waals surface area contributed by atoms with E-state index in [0.29, 0.717) is 0 Å². The Labute approximate surface area is 41.1 Å². The van der Waals surface area contributed by atoms with E-state index < -0.39 is 0 Å². The van der Waals surface area contributed by atoms with Gasteiger partial charge in [-0.1, -0.05) is 6.58 Å². The molecule has 0 saturated carbocycles. The van der Waals surface area contributed by atoms with Crippen LogP contribution in [0.5, 0.6) is 0 Å². The van der Waals surface area contributed by atoms with E-state index in [1.54, 1.807) is 0 Å². The molecule has 0 aromatic heterocycles. The molecular weight excluding hydrogens is 96.0 g/mol. The molecule has 0 aliphatic rings. The zero-order valence-electron chi connectivity index (χ0n) is 3.76. The van der Waals surface area contributed by atoms with Crippen molar-refractivity contribution in [2.45, 2.75) is 0 Å².